The number of aromatic nitrogens is 2. The number of hydrogen-bond acceptors (Lipinski definition) is 8. The molecule has 11 nitrogen and oxygen atoms in total. The molecule has 1 aromatic carbocycles. The number of carboxylic acid groups (broad SMARTS) is 1. The summed E-state index contributed by atoms with van der Waals surface area (Å²) in [6.07, 6.45) is 1.46. The number of benzene rings is 1. The number of rotatable bonds is 6. The van der Waals surface area contributed by atoms with Gasteiger partial charge in [0.25, 0.3) is 0 Å². The molecule has 0 aliphatic carbocycles. The third-order valence-corrected chi connectivity index (χ3v) is 6.36. The lowest BCUT2D eigenvalue weighted by atomic mass is 9.97. The molecular weight excluding hydrogens is 466 g/mol. The quantitative estimate of drug-likeness (QED) is 0.474. The van der Waals surface area contributed by atoms with Crippen LogP contribution in [0.4, 0.5) is 10.5 Å². The van der Waals surface area contributed by atoms with E-state index in [1.54, 1.807) is 24.4 Å². The van der Waals surface area contributed by atoms with Crippen molar-refractivity contribution in [1.82, 2.24) is 20.2 Å². The Morgan fingerprint density at radius 2 is 1.97 bits per heavy atom. The molecule has 0 unspecified atom stereocenters. The average molecular weight is 494 g/mol. The number of amides is 2. The Kier molecular flexibility index (Phi) is 6.72. The first-order valence-electron chi connectivity index (χ1n) is 11.7. The number of likely N-dealkylation sites (tertiary alicyclic amines) is 1. The summed E-state index contributed by atoms with van der Waals surface area (Å²) in [6, 6.07) is 9.93. The number of nitrogens with zero attached hydrogens (tertiary/aromatic N) is 3. The van der Waals surface area contributed by atoms with Gasteiger partial charge in [0.05, 0.1) is 18.3 Å². The minimum Gasteiger partial charge on any atom is -0.486 e. The van der Waals surface area contributed by atoms with Gasteiger partial charge >= 0.3 is 6.09 Å². The topological polar surface area (TPSA) is 135 Å². The predicted molar refractivity (Wildman–Crippen MR) is 131 cm³/mol. The van der Waals surface area contributed by atoms with E-state index in [1.807, 2.05) is 18.2 Å². The number of fused-ring (bicyclic) bond motifs is 2. The Bertz CT molecular complexity index is 1290. The van der Waals surface area contributed by atoms with Gasteiger partial charge in [0, 0.05) is 31.4 Å². The number of pyridine rings is 2. The summed E-state index contributed by atoms with van der Waals surface area (Å²) >= 11 is 0. The summed E-state index contributed by atoms with van der Waals surface area (Å²) < 4.78 is 16.4. The van der Waals surface area contributed by atoms with Crippen LogP contribution in [0.5, 0.6) is 17.4 Å². The lowest BCUT2D eigenvalue weighted by molar-refractivity contribution is -0.122. The van der Waals surface area contributed by atoms with Crippen LogP contribution >= 0.6 is 0 Å². The van der Waals surface area contributed by atoms with Crippen molar-refractivity contribution in [2.24, 2.45) is 0 Å². The maximum Gasteiger partial charge on any atom is 0.408 e. The van der Waals surface area contributed by atoms with E-state index in [0.717, 1.165) is 11.3 Å². The normalized spacial score (nSPS) is 19.1. The van der Waals surface area contributed by atoms with E-state index in [4.69, 9.17) is 14.2 Å². The Balaban J connectivity index is 1.24. The molecular formula is C25H27N5O6. The number of anilines is 1. The van der Waals surface area contributed by atoms with E-state index >= 15 is 0 Å². The summed E-state index contributed by atoms with van der Waals surface area (Å²) in [7, 11) is 1.51. The zero-order valence-electron chi connectivity index (χ0n) is 19.8. The van der Waals surface area contributed by atoms with Gasteiger partial charge in [-0.2, -0.15) is 0 Å². The van der Waals surface area contributed by atoms with E-state index in [-0.39, 0.29) is 12.6 Å². The smallest absolute Gasteiger partial charge is 0.408 e. The second kappa shape index (κ2) is 10.2. The van der Waals surface area contributed by atoms with Gasteiger partial charge in [-0.15, -0.1) is 0 Å². The highest BCUT2D eigenvalue weighted by molar-refractivity contribution is 6.02. The van der Waals surface area contributed by atoms with Crippen molar-refractivity contribution in [3.8, 4) is 17.4 Å². The molecule has 2 amide bonds. The molecule has 5 rings (SSSR count). The minimum absolute atomic E-state index is 0.0916. The Morgan fingerprint density at radius 3 is 2.78 bits per heavy atom. The number of carbonyl (C=O) groups excluding carboxylic acids is 1. The standard InChI is InChI=1S/C25H27N5O6/c1-34-22-7-4-17-23(29-22)18(8-9-26-17)28-24(31)19-5-3-16(14-30(19)25(32)33)27-13-15-2-6-20-21(12-15)36-11-10-35-20/h2,4,6-9,12,16,19,27H,3,5,10-11,13-14H2,1H3,(H,32,33)(H,26,28,31)/t16-,19-/m0/s1. The largest absolute Gasteiger partial charge is 0.486 e. The molecule has 11 heteroatoms. The fourth-order valence-corrected chi connectivity index (χ4v) is 4.52. The van der Waals surface area contributed by atoms with Crippen LogP contribution in [0.15, 0.2) is 42.6 Å². The van der Waals surface area contributed by atoms with Crippen LogP contribution in [-0.2, 0) is 11.3 Å². The molecule has 0 radical (unpaired) electrons. The minimum atomic E-state index is -1.14. The molecule has 0 spiro atoms. The van der Waals surface area contributed by atoms with Gasteiger partial charge in [0.2, 0.25) is 11.8 Å². The van der Waals surface area contributed by atoms with Crippen LogP contribution in [0.25, 0.3) is 11.0 Å². The number of ether oxygens (including phenoxy) is 3. The highest BCUT2D eigenvalue weighted by atomic mass is 16.6. The molecule has 0 saturated carbocycles. The first kappa shape index (κ1) is 23.6. The molecule has 36 heavy (non-hydrogen) atoms. The van der Waals surface area contributed by atoms with Gasteiger partial charge in [-0.3, -0.25) is 14.7 Å². The zero-order valence-corrected chi connectivity index (χ0v) is 19.8. The molecule has 1 saturated heterocycles. The van der Waals surface area contributed by atoms with Crippen LogP contribution in [0.3, 0.4) is 0 Å². The molecule has 2 atom stereocenters. The van der Waals surface area contributed by atoms with E-state index in [2.05, 4.69) is 20.6 Å². The Morgan fingerprint density at radius 1 is 1.14 bits per heavy atom. The van der Waals surface area contributed by atoms with Crippen molar-refractivity contribution in [3.05, 3.63) is 48.2 Å². The first-order chi connectivity index (χ1) is 17.5. The summed E-state index contributed by atoms with van der Waals surface area (Å²) in [4.78, 5) is 35.0. The third-order valence-electron chi connectivity index (χ3n) is 6.36. The van der Waals surface area contributed by atoms with Crippen LogP contribution < -0.4 is 24.8 Å². The number of hydrogen-bond donors (Lipinski definition) is 3. The molecule has 3 aromatic rings. The molecule has 4 heterocycles. The summed E-state index contributed by atoms with van der Waals surface area (Å²) in [5.74, 6) is 1.43. The second-order valence-corrected chi connectivity index (χ2v) is 8.65. The van der Waals surface area contributed by atoms with Crippen molar-refractivity contribution >= 4 is 28.7 Å². The molecule has 1 fully saturated rings. The second-order valence-electron chi connectivity index (χ2n) is 8.65. The van der Waals surface area contributed by atoms with Gasteiger partial charge in [-0.25, -0.2) is 9.78 Å². The van der Waals surface area contributed by atoms with Gasteiger partial charge in [0.1, 0.15) is 24.8 Å². The number of methoxy groups -OCH3 is 1. The Labute approximate surface area is 207 Å². The van der Waals surface area contributed by atoms with Gasteiger partial charge in [-0.1, -0.05) is 6.07 Å². The van der Waals surface area contributed by atoms with Crippen molar-refractivity contribution in [1.29, 1.82) is 0 Å². The van der Waals surface area contributed by atoms with E-state index in [0.29, 0.717) is 61.0 Å². The van der Waals surface area contributed by atoms with Crippen LogP contribution in [-0.4, -0.2) is 70.9 Å². The predicted octanol–water partition coefficient (Wildman–Crippen LogP) is 2.65. The molecule has 0 bridgehead atoms. The van der Waals surface area contributed by atoms with Crippen molar-refractivity contribution in [2.45, 2.75) is 31.5 Å². The van der Waals surface area contributed by atoms with E-state index in [1.165, 1.54) is 12.0 Å². The first-order valence-corrected chi connectivity index (χ1v) is 11.7. The van der Waals surface area contributed by atoms with Crippen LogP contribution in [0, 0.1) is 0 Å². The summed E-state index contributed by atoms with van der Waals surface area (Å²) in [5.41, 5.74) is 2.53. The monoisotopic (exact) mass is 493 g/mol. The summed E-state index contributed by atoms with van der Waals surface area (Å²) in [6.45, 7) is 1.79. The van der Waals surface area contributed by atoms with Gasteiger partial charge < -0.3 is 30.0 Å². The number of piperidine rings is 1. The lowest BCUT2D eigenvalue weighted by Crippen LogP contribution is -2.56. The van der Waals surface area contributed by atoms with Gasteiger partial charge in [-0.05, 0) is 42.7 Å². The fourth-order valence-electron chi connectivity index (χ4n) is 4.52. The molecule has 2 aromatic heterocycles. The lowest BCUT2D eigenvalue weighted by Gasteiger charge is -2.37. The number of carbonyl (C=O) groups is 2. The maximum absolute atomic E-state index is 13.2. The molecule has 2 aliphatic rings. The van der Waals surface area contributed by atoms with E-state index < -0.39 is 18.0 Å². The molecule has 3 N–H and O–H groups in total. The highest BCUT2D eigenvalue weighted by Gasteiger charge is 2.36. The zero-order chi connectivity index (χ0) is 25.1. The van der Waals surface area contributed by atoms with Crippen molar-refractivity contribution < 1.29 is 28.9 Å². The van der Waals surface area contributed by atoms with Crippen LogP contribution in [0.1, 0.15) is 18.4 Å². The van der Waals surface area contributed by atoms with Crippen molar-refractivity contribution in [3.63, 3.8) is 0 Å². The third kappa shape index (κ3) is 4.96. The van der Waals surface area contributed by atoms with Crippen LogP contribution in [0.2, 0.25) is 0 Å². The SMILES string of the molecule is COc1ccc2nccc(NC(=O)[C@@H]3CC[C@H](NCc4ccc5c(c4)OCCO5)CN3C(=O)O)c2n1. The van der Waals surface area contributed by atoms with E-state index in [9.17, 15) is 14.7 Å². The molecule has 188 valence electrons. The fraction of sp³-hybridized carbons (Fsp3) is 0.360. The maximum atomic E-state index is 13.2. The highest BCUT2D eigenvalue weighted by Crippen LogP contribution is 2.31. The Hall–Kier alpha value is -4.12. The van der Waals surface area contributed by atoms with Crippen molar-refractivity contribution in [2.75, 3.05) is 32.2 Å². The summed E-state index contributed by atoms with van der Waals surface area (Å²) in [5, 5.41) is 16.1. The number of nitrogens with one attached hydrogen (secondary N) is 2. The average Bonchev–Trinajstić information content (AvgIpc) is 2.91. The molecule has 2 aliphatic heterocycles. The van der Waals surface area contributed by atoms with Gasteiger partial charge in [0.15, 0.2) is 11.5 Å².